The maximum atomic E-state index is 13.0. The number of nitrogens with zero attached hydrogens (tertiary/aromatic N) is 1. The number of hydrogen-bond acceptors (Lipinski definition) is 4. The number of hydrogen-bond donors (Lipinski definition) is 0. The van der Waals surface area contributed by atoms with Gasteiger partial charge in [0.25, 0.3) is 0 Å². The van der Waals surface area contributed by atoms with Crippen LogP contribution in [0.4, 0.5) is 4.39 Å². The molecule has 0 spiro atoms. The smallest absolute Gasteiger partial charge is 0.166 e. The number of carbonyl (C=O) groups excluding carboxylic acids is 2. The molecule has 0 unspecified atom stereocenters. The fourth-order valence-corrected chi connectivity index (χ4v) is 4.66. The third-order valence-corrected chi connectivity index (χ3v) is 6.11. The minimum Gasteiger partial charge on any atom is -0.298 e. The summed E-state index contributed by atoms with van der Waals surface area (Å²) in [6.07, 6.45) is 1.95. The van der Waals surface area contributed by atoms with Crippen LogP contribution in [0, 0.1) is 11.7 Å². The summed E-state index contributed by atoms with van der Waals surface area (Å²) in [6, 6.07) is 9.67. The standard InChI is InChI=1S/C19H19BrFNO2S.ClH/c20-18-6-5-17(25-18)11-16(23)12-22-9-7-14(8-10-22)19(24)13-1-3-15(21)4-2-13;/h1-6,14H,7-12H2;1H. The Morgan fingerprint density at radius 2 is 1.77 bits per heavy atom. The van der Waals surface area contributed by atoms with Gasteiger partial charge in [0.1, 0.15) is 5.82 Å². The summed E-state index contributed by atoms with van der Waals surface area (Å²) in [4.78, 5) is 27.9. The van der Waals surface area contributed by atoms with E-state index in [2.05, 4.69) is 20.8 Å². The van der Waals surface area contributed by atoms with Crippen molar-refractivity contribution < 1.29 is 14.0 Å². The molecule has 3 rings (SSSR count). The Hall–Kier alpha value is -1.08. The summed E-state index contributed by atoms with van der Waals surface area (Å²) in [7, 11) is 0. The lowest BCUT2D eigenvalue weighted by atomic mass is 9.89. The van der Waals surface area contributed by atoms with Gasteiger partial charge in [0.2, 0.25) is 0 Å². The summed E-state index contributed by atoms with van der Waals surface area (Å²) in [5.74, 6) is -0.0835. The van der Waals surface area contributed by atoms with Crippen LogP contribution in [0.3, 0.4) is 0 Å². The average Bonchev–Trinajstić information content (AvgIpc) is 3.00. The van der Waals surface area contributed by atoms with Gasteiger partial charge in [0.05, 0.1) is 10.3 Å². The molecule has 1 aliphatic heterocycles. The van der Waals surface area contributed by atoms with E-state index in [9.17, 15) is 14.0 Å². The first kappa shape index (κ1) is 21.2. The average molecular weight is 461 g/mol. The van der Waals surface area contributed by atoms with E-state index >= 15 is 0 Å². The van der Waals surface area contributed by atoms with Crippen LogP contribution >= 0.6 is 39.7 Å². The van der Waals surface area contributed by atoms with Crippen LogP contribution in [0.5, 0.6) is 0 Å². The predicted molar refractivity (Wildman–Crippen MR) is 108 cm³/mol. The van der Waals surface area contributed by atoms with Crippen LogP contribution in [-0.2, 0) is 11.2 Å². The van der Waals surface area contributed by atoms with Crippen molar-refractivity contribution in [3.8, 4) is 0 Å². The highest BCUT2D eigenvalue weighted by Gasteiger charge is 2.26. The molecule has 2 heterocycles. The van der Waals surface area contributed by atoms with E-state index in [0.717, 1.165) is 34.6 Å². The number of Topliss-reactive ketones (excluding diaryl/α,β-unsaturated/α-hetero) is 2. The van der Waals surface area contributed by atoms with Gasteiger partial charge in [-0.25, -0.2) is 4.39 Å². The van der Waals surface area contributed by atoms with Gasteiger partial charge >= 0.3 is 0 Å². The molecule has 0 amide bonds. The highest BCUT2D eigenvalue weighted by atomic mass is 79.9. The van der Waals surface area contributed by atoms with E-state index in [4.69, 9.17) is 0 Å². The zero-order valence-electron chi connectivity index (χ0n) is 14.1. The number of benzene rings is 1. The largest absolute Gasteiger partial charge is 0.298 e. The Morgan fingerprint density at radius 3 is 2.35 bits per heavy atom. The van der Waals surface area contributed by atoms with Gasteiger partial charge in [0.15, 0.2) is 11.6 Å². The Bertz CT molecular complexity index is 757. The SMILES string of the molecule is Cl.O=C(Cc1ccc(Br)s1)CN1CCC(C(=O)c2ccc(F)cc2)CC1. The molecule has 140 valence electrons. The first-order valence-electron chi connectivity index (χ1n) is 8.29. The van der Waals surface area contributed by atoms with E-state index in [1.807, 2.05) is 12.1 Å². The first-order valence-corrected chi connectivity index (χ1v) is 9.90. The van der Waals surface area contributed by atoms with Crippen molar-refractivity contribution in [2.75, 3.05) is 19.6 Å². The monoisotopic (exact) mass is 459 g/mol. The first-order chi connectivity index (χ1) is 12.0. The lowest BCUT2D eigenvalue weighted by molar-refractivity contribution is -0.119. The normalized spacial score (nSPS) is 15.5. The highest BCUT2D eigenvalue weighted by Crippen LogP contribution is 2.24. The van der Waals surface area contributed by atoms with Crippen molar-refractivity contribution in [3.05, 3.63) is 56.4 Å². The number of carbonyl (C=O) groups is 2. The van der Waals surface area contributed by atoms with Gasteiger partial charge in [-0.3, -0.25) is 14.5 Å². The van der Waals surface area contributed by atoms with E-state index in [0.29, 0.717) is 18.5 Å². The molecule has 7 heteroatoms. The van der Waals surface area contributed by atoms with Crippen molar-refractivity contribution in [2.45, 2.75) is 19.3 Å². The molecular formula is C19H20BrClFNO2S. The predicted octanol–water partition coefficient (Wildman–Crippen LogP) is 4.78. The Labute approximate surface area is 171 Å². The lowest BCUT2D eigenvalue weighted by Crippen LogP contribution is -2.39. The number of halogens is 3. The molecule has 2 aromatic rings. The van der Waals surface area contributed by atoms with Gasteiger partial charge < -0.3 is 0 Å². The molecule has 1 saturated heterocycles. The summed E-state index contributed by atoms with van der Waals surface area (Å²) in [5.41, 5.74) is 0.569. The van der Waals surface area contributed by atoms with Crippen molar-refractivity contribution >= 4 is 51.2 Å². The second-order valence-electron chi connectivity index (χ2n) is 6.34. The van der Waals surface area contributed by atoms with E-state index < -0.39 is 0 Å². The minimum absolute atomic E-state index is 0. The maximum Gasteiger partial charge on any atom is 0.166 e. The van der Waals surface area contributed by atoms with Crippen LogP contribution in [-0.4, -0.2) is 36.1 Å². The van der Waals surface area contributed by atoms with Crippen LogP contribution in [0.2, 0.25) is 0 Å². The Kier molecular flexibility index (Phi) is 7.95. The molecule has 1 fully saturated rings. The molecule has 1 aromatic carbocycles. The third-order valence-electron chi connectivity index (χ3n) is 4.49. The summed E-state index contributed by atoms with van der Waals surface area (Å²) in [5, 5.41) is 0. The highest BCUT2D eigenvalue weighted by molar-refractivity contribution is 9.11. The zero-order valence-corrected chi connectivity index (χ0v) is 17.3. The zero-order chi connectivity index (χ0) is 17.8. The van der Waals surface area contributed by atoms with Gasteiger partial charge in [-0.1, -0.05) is 0 Å². The van der Waals surface area contributed by atoms with Gasteiger partial charge in [-0.15, -0.1) is 23.7 Å². The van der Waals surface area contributed by atoms with Crippen molar-refractivity contribution in [3.63, 3.8) is 0 Å². The Morgan fingerprint density at radius 1 is 1.12 bits per heavy atom. The van der Waals surface area contributed by atoms with Gasteiger partial charge in [-0.05, 0) is 78.3 Å². The van der Waals surface area contributed by atoms with Gasteiger partial charge in [-0.2, -0.15) is 0 Å². The molecule has 0 radical (unpaired) electrons. The fourth-order valence-electron chi connectivity index (χ4n) is 3.15. The molecule has 1 aliphatic rings. The molecule has 0 atom stereocenters. The fraction of sp³-hybridized carbons (Fsp3) is 0.368. The van der Waals surface area contributed by atoms with Gasteiger partial charge in [0, 0.05) is 22.8 Å². The van der Waals surface area contributed by atoms with Crippen LogP contribution in [0.1, 0.15) is 28.1 Å². The molecule has 26 heavy (non-hydrogen) atoms. The van der Waals surface area contributed by atoms with E-state index in [1.54, 1.807) is 23.5 Å². The third kappa shape index (κ3) is 5.71. The van der Waals surface area contributed by atoms with Crippen molar-refractivity contribution in [2.24, 2.45) is 5.92 Å². The molecule has 1 aromatic heterocycles. The van der Waals surface area contributed by atoms with E-state index in [-0.39, 0.29) is 35.7 Å². The number of ketones is 2. The van der Waals surface area contributed by atoms with Crippen LogP contribution in [0.25, 0.3) is 0 Å². The maximum absolute atomic E-state index is 13.0. The topological polar surface area (TPSA) is 37.4 Å². The number of rotatable bonds is 6. The number of thiophene rings is 1. The number of likely N-dealkylation sites (tertiary alicyclic amines) is 1. The number of piperidine rings is 1. The lowest BCUT2D eigenvalue weighted by Gasteiger charge is -2.30. The van der Waals surface area contributed by atoms with Crippen molar-refractivity contribution in [1.29, 1.82) is 0 Å². The molecule has 0 bridgehead atoms. The van der Waals surface area contributed by atoms with Crippen molar-refractivity contribution in [1.82, 2.24) is 4.90 Å². The van der Waals surface area contributed by atoms with E-state index in [1.165, 1.54) is 12.1 Å². The molecule has 0 saturated carbocycles. The molecule has 0 aliphatic carbocycles. The minimum atomic E-state index is -0.331. The second-order valence-corrected chi connectivity index (χ2v) is 8.89. The Balaban J connectivity index is 0.00000243. The molecular weight excluding hydrogens is 441 g/mol. The quantitative estimate of drug-likeness (QED) is 0.582. The summed E-state index contributed by atoms with van der Waals surface area (Å²) < 4.78 is 14.0. The summed E-state index contributed by atoms with van der Waals surface area (Å²) >= 11 is 4.99. The molecule has 3 nitrogen and oxygen atoms in total. The van der Waals surface area contributed by atoms with Crippen LogP contribution < -0.4 is 0 Å². The second kappa shape index (κ2) is 9.74. The van der Waals surface area contributed by atoms with Crippen LogP contribution in [0.15, 0.2) is 40.2 Å². The molecule has 0 N–H and O–H groups in total. The summed E-state index contributed by atoms with van der Waals surface area (Å²) in [6.45, 7) is 1.93.